The quantitative estimate of drug-likeness (QED) is 0.515. The third-order valence-electron chi connectivity index (χ3n) is 2.09. The van der Waals surface area contributed by atoms with Gasteiger partial charge in [-0.1, -0.05) is 15.9 Å². The van der Waals surface area contributed by atoms with Crippen LogP contribution in [0, 0.1) is 10.1 Å². The molecule has 0 saturated carbocycles. The summed E-state index contributed by atoms with van der Waals surface area (Å²) < 4.78 is 6.11. The van der Waals surface area contributed by atoms with Crippen molar-refractivity contribution in [2.24, 2.45) is 0 Å². The number of non-ortho nitro benzene ring substituents is 1. The maximum absolute atomic E-state index is 10.7. The standard InChI is InChI=1S/C12H17BrN2O3/c1-12(2,3)14-4-5-18-11-7-9(13)6-10(8-11)15(16)17/h6-8,14H,4-5H2,1-3H3. The first kappa shape index (κ1) is 14.9. The Morgan fingerprint density at radius 2 is 2.06 bits per heavy atom. The zero-order valence-electron chi connectivity index (χ0n) is 10.7. The number of halogens is 1. The van der Waals surface area contributed by atoms with E-state index in [2.05, 4.69) is 42.0 Å². The molecule has 1 aromatic rings. The maximum atomic E-state index is 10.7. The van der Waals surface area contributed by atoms with Crippen LogP contribution < -0.4 is 10.1 Å². The Morgan fingerprint density at radius 3 is 2.61 bits per heavy atom. The molecule has 0 atom stereocenters. The molecule has 6 heteroatoms. The van der Waals surface area contributed by atoms with E-state index in [0.29, 0.717) is 23.4 Å². The van der Waals surface area contributed by atoms with E-state index in [1.165, 1.54) is 12.1 Å². The highest BCUT2D eigenvalue weighted by atomic mass is 79.9. The lowest BCUT2D eigenvalue weighted by atomic mass is 10.1. The fourth-order valence-corrected chi connectivity index (χ4v) is 1.79. The van der Waals surface area contributed by atoms with Gasteiger partial charge in [0, 0.05) is 22.6 Å². The Bertz CT molecular complexity index is 430. The van der Waals surface area contributed by atoms with E-state index in [0.717, 1.165) is 0 Å². The number of nitrogens with zero attached hydrogens (tertiary/aromatic N) is 1. The molecular weight excluding hydrogens is 300 g/mol. The minimum Gasteiger partial charge on any atom is -0.492 e. The number of nitrogens with one attached hydrogen (secondary N) is 1. The van der Waals surface area contributed by atoms with Gasteiger partial charge in [-0.05, 0) is 26.8 Å². The molecule has 0 heterocycles. The molecule has 0 aromatic heterocycles. The average molecular weight is 317 g/mol. The van der Waals surface area contributed by atoms with Gasteiger partial charge in [-0.3, -0.25) is 10.1 Å². The lowest BCUT2D eigenvalue weighted by Crippen LogP contribution is -2.38. The summed E-state index contributed by atoms with van der Waals surface area (Å²) in [4.78, 5) is 10.2. The third-order valence-corrected chi connectivity index (χ3v) is 2.55. The summed E-state index contributed by atoms with van der Waals surface area (Å²) >= 11 is 3.22. The van der Waals surface area contributed by atoms with Crippen LogP contribution >= 0.6 is 15.9 Å². The lowest BCUT2D eigenvalue weighted by Gasteiger charge is -2.20. The Labute approximate surface area is 115 Å². The Morgan fingerprint density at radius 1 is 1.39 bits per heavy atom. The van der Waals surface area contributed by atoms with Crippen molar-refractivity contribution in [2.75, 3.05) is 13.2 Å². The topological polar surface area (TPSA) is 64.4 Å². The van der Waals surface area contributed by atoms with Gasteiger partial charge in [0.1, 0.15) is 12.4 Å². The first-order valence-electron chi connectivity index (χ1n) is 5.61. The summed E-state index contributed by atoms with van der Waals surface area (Å²) in [5.41, 5.74) is 0.0512. The minimum atomic E-state index is -0.439. The van der Waals surface area contributed by atoms with Gasteiger partial charge in [0.15, 0.2) is 0 Å². The molecule has 0 aliphatic carbocycles. The summed E-state index contributed by atoms with van der Waals surface area (Å²) in [6, 6.07) is 4.58. The van der Waals surface area contributed by atoms with Crippen molar-refractivity contribution >= 4 is 21.6 Å². The fourth-order valence-electron chi connectivity index (χ4n) is 1.33. The molecule has 0 unspecified atom stereocenters. The van der Waals surface area contributed by atoms with Crippen LogP contribution in [0.15, 0.2) is 22.7 Å². The molecule has 1 rings (SSSR count). The summed E-state index contributed by atoms with van der Waals surface area (Å²) in [6.07, 6.45) is 0. The van der Waals surface area contributed by atoms with E-state index in [4.69, 9.17) is 4.74 Å². The van der Waals surface area contributed by atoms with E-state index in [1.54, 1.807) is 6.07 Å². The molecule has 0 radical (unpaired) electrons. The van der Waals surface area contributed by atoms with Gasteiger partial charge in [0.2, 0.25) is 0 Å². The molecule has 0 amide bonds. The SMILES string of the molecule is CC(C)(C)NCCOc1cc(Br)cc([N+](=O)[O-])c1. The van der Waals surface area contributed by atoms with Crippen molar-refractivity contribution in [3.63, 3.8) is 0 Å². The average Bonchev–Trinajstić information content (AvgIpc) is 2.22. The number of ether oxygens (including phenoxy) is 1. The zero-order chi connectivity index (χ0) is 13.8. The monoisotopic (exact) mass is 316 g/mol. The molecule has 0 bridgehead atoms. The van der Waals surface area contributed by atoms with Crippen molar-refractivity contribution in [2.45, 2.75) is 26.3 Å². The second-order valence-corrected chi connectivity index (χ2v) is 5.84. The van der Waals surface area contributed by atoms with E-state index in [9.17, 15) is 10.1 Å². The Kier molecular flexibility index (Phi) is 5.10. The second kappa shape index (κ2) is 6.15. The molecule has 0 aliphatic rings. The minimum absolute atomic E-state index is 0.0168. The van der Waals surface area contributed by atoms with Gasteiger partial charge >= 0.3 is 0 Å². The van der Waals surface area contributed by atoms with Gasteiger partial charge in [0.25, 0.3) is 5.69 Å². The van der Waals surface area contributed by atoms with Gasteiger partial charge in [0.05, 0.1) is 11.0 Å². The molecule has 0 spiro atoms. The molecule has 1 aromatic carbocycles. The number of hydrogen-bond acceptors (Lipinski definition) is 4. The number of nitro benzene ring substituents is 1. The summed E-state index contributed by atoms with van der Waals surface area (Å²) in [6.45, 7) is 7.35. The predicted octanol–water partition coefficient (Wildman–Crippen LogP) is 3.12. The smallest absolute Gasteiger partial charge is 0.274 e. The molecule has 0 aliphatic heterocycles. The molecule has 0 saturated heterocycles. The highest BCUT2D eigenvalue weighted by Crippen LogP contribution is 2.25. The third kappa shape index (κ3) is 5.46. The second-order valence-electron chi connectivity index (χ2n) is 4.93. The Balaban J connectivity index is 2.55. The lowest BCUT2D eigenvalue weighted by molar-refractivity contribution is -0.385. The van der Waals surface area contributed by atoms with E-state index in [1.807, 2.05) is 0 Å². The Hall–Kier alpha value is -1.14. The van der Waals surface area contributed by atoms with Crippen LogP contribution in [0.25, 0.3) is 0 Å². The molecule has 18 heavy (non-hydrogen) atoms. The van der Waals surface area contributed by atoms with Crippen molar-refractivity contribution < 1.29 is 9.66 Å². The number of hydrogen-bond donors (Lipinski definition) is 1. The number of benzene rings is 1. The van der Waals surface area contributed by atoms with E-state index >= 15 is 0 Å². The molecule has 5 nitrogen and oxygen atoms in total. The van der Waals surface area contributed by atoms with Crippen LogP contribution in [0.1, 0.15) is 20.8 Å². The van der Waals surface area contributed by atoms with Crippen molar-refractivity contribution in [1.29, 1.82) is 0 Å². The maximum Gasteiger partial charge on any atom is 0.274 e. The van der Waals surface area contributed by atoms with Crippen LogP contribution in [0.2, 0.25) is 0 Å². The highest BCUT2D eigenvalue weighted by molar-refractivity contribution is 9.10. The van der Waals surface area contributed by atoms with Crippen LogP contribution in [0.4, 0.5) is 5.69 Å². The van der Waals surface area contributed by atoms with Crippen LogP contribution in [-0.2, 0) is 0 Å². The number of rotatable bonds is 5. The van der Waals surface area contributed by atoms with Crippen molar-refractivity contribution in [3.05, 3.63) is 32.8 Å². The van der Waals surface area contributed by atoms with Gasteiger partial charge in [-0.25, -0.2) is 0 Å². The van der Waals surface area contributed by atoms with Gasteiger partial charge in [-0.15, -0.1) is 0 Å². The van der Waals surface area contributed by atoms with Crippen LogP contribution in [0.5, 0.6) is 5.75 Å². The van der Waals surface area contributed by atoms with Crippen LogP contribution in [0.3, 0.4) is 0 Å². The zero-order valence-corrected chi connectivity index (χ0v) is 12.3. The van der Waals surface area contributed by atoms with Crippen molar-refractivity contribution in [1.82, 2.24) is 5.32 Å². The predicted molar refractivity (Wildman–Crippen MR) is 74.0 cm³/mol. The first-order valence-corrected chi connectivity index (χ1v) is 6.40. The summed E-state index contributed by atoms with van der Waals surface area (Å²) in [7, 11) is 0. The molecule has 1 N–H and O–H groups in total. The van der Waals surface area contributed by atoms with Gasteiger partial charge < -0.3 is 10.1 Å². The molecule has 100 valence electrons. The highest BCUT2D eigenvalue weighted by Gasteiger charge is 2.10. The number of nitro groups is 1. The molecule has 0 fully saturated rings. The van der Waals surface area contributed by atoms with Crippen LogP contribution in [-0.4, -0.2) is 23.6 Å². The van der Waals surface area contributed by atoms with E-state index in [-0.39, 0.29) is 11.2 Å². The van der Waals surface area contributed by atoms with Gasteiger partial charge in [-0.2, -0.15) is 0 Å². The summed E-state index contributed by atoms with van der Waals surface area (Å²) in [5.74, 6) is 0.492. The molecular formula is C12H17BrN2O3. The van der Waals surface area contributed by atoms with E-state index < -0.39 is 4.92 Å². The first-order chi connectivity index (χ1) is 8.28. The fraction of sp³-hybridized carbons (Fsp3) is 0.500. The largest absolute Gasteiger partial charge is 0.492 e. The summed E-state index contributed by atoms with van der Waals surface area (Å²) in [5, 5.41) is 14.0. The van der Waals surface area contributed by atoms with Crippen molar-refractivity contribution in [3.8, 4) is 5.75 Å². The normalized spacial score (nSPS) is 11.3.